The monoisotopic (exact) mass is 440 g/mol. The van der Waals surface area contributed by atoms with Gasteiger partial charge in [-0.05, 0) is 37.3 Å². The van der Waals surface area contributed by atoms with E-state index in [1.54, 1.807) is 18.5 Å². The van der Waals surface area contributed by atoms with Crippen LogP contribution in [0.1, 0.15) is 38.9 Å². The summed E-state index contributed by atoms with van der Waals surface area (Å²) in [6, 6.07) is 7.02. The second kappa shape index (κ2) is 11.0. The minimum atomic E-state index is -0.426. The summed E-state index contributed by atoms with van der Waals surface area (Å²) in [6.07, 6.45) is 5.44. The number of nitrogens with zero attached hydrogens (tertiary/aromatic N) is 5. The van der Waals surface area contributed by atoms with Gasteiger partial charge in [0.05, 0.1) is 30.7 Å². The Bertz CT molecular complexity index is 1020. The van der Waals surface area contributed by atoms with Crippen LogP contribution < -0.4 is 15.0 Å². The van der Waals surface area contributed by atoms with Crippen LogP contribution in [0.3, 0.4) is 0 Å². The Morgan fingerprint density at radius 2 is 1.91 bits per heavy atom. The number of hydrogen-bond donors (Lipinski definition) is 1. The molecule has 0 spiro atoms. The van der Waals surface area contributed by atoms with Crippen LogP contribution in [0.15, 0.2) is 48.9 Å². The van der Waals surface area contributed by atoms with Gasteiger partial charge < -0.3 is 14.8 Å². The predicted octanol–water partition coefficient (Wildman–Crippen LogP) is 4.74. The number of carbonyl (C=O) groups excluding carboxylic acids is 1. The summed E-state index contributed by atoms with van der Waals surface area (Å²) in [5, 5.41) is 3.13. The normalized spacial score (nSPS) is 13.6. The molecular weight excluding hydrogens is 415 g/mol. The molecule has 9 nitrogen and oxygen atoms in total. The van der Waals surface area contributed by atoms with Crippen molar-refractivity contribution in [1.82, 2.24) is 19.9 Å². The number of hydrogen-bond acceptors (Lipinski definition) is 8. The number of aromatic nitrogens is 4. The average Bonchev–Trinajstić information content (AvgIpc) is 3.22. The topological polar surface area (TPSA) is 102 Å². The molecule has 2 aromatic heterocycles. The van der Waals surface area contributed by atoms with Gasteiger partial charge in [0.25, 0.3) is 0 Å². The first-order chi connectivity index (χ1) is 15.5. The molecule has 10 heteroatoms. The van der Waals surface area contributed by atoms with Crippen molar-refractivity contribution in [3.8, 4) is 11.6 Å². The van der Waals surface area contributed by atoms with Gasteiger partial charge >= 0.3 is 6.09 Å². The second-order valence-corrected chi connectivity index (χ2v) is 6.91. The Morgan fingerprint density at radius 3 is 2.53 bits per heavy atom. The number of halogens is 1. The Morgan fingerprint density at radius 1 is 1.16 bits per heavy atom. The van der Waals surface area contributed by atoms with Gasteiger partial charge in [-0.25, -0.2) is 19.2 Å². The highest BCUT2D eigenvalue weighted by atomic mass is 19.1. The molecule has 1 aliphatic rings. The number of amides is 1. The lowest BCUT2D eigenvalue weighted by Gasteiger charge is -2.16. The minimum Gasteiger partial charge on any atom is -0.447 e. The fraction of sp³-hybridized carbons (Fsp3) is 0.318. The average molecular weight is 440 g/mol. The van der Waals surface area contributed by atoms with Crippen LogP contribution in [0.25, 0.3) is 0 Å². The Kier molecular flexibility index (Phi) is 7.85. The molecule has 1 aliphatic heterocycles. The number of cyclic esters (lactones) is 1. The van der Waals surface area contributed by atoms with Crippen molar-refractivity contribution in [2.45, 2.75) is 33.2 Å². The maximum atomic E-state index is 13.0. The highest BCUT2D eigenvalue weighted by molar-refractivity contribution is 5.88. The van der Waals surface area contributed by atoms with Gasteiger partial charge in [0.1, 0.15) is 24.0 Å². The molecule has 1 fully saturated rings. The standard InChI is InChI=1S/C19H17FN6O3.C3H8/c1-12(24-18-21-7-6-16(25-18)26-8-9-28-19(26)27)15-10-23-17(11-22-15)29-14-4-2-13(20)3-5-14;1-3-2/h2-7,10-12H,8-9H2,1H3,(H,21,24,25);3H2,1-2H3. The van der Waals surface area contributed by atoms with Crippen molar-refractivity contribution in [3.05, 3.63) is 60.4 Å². The lowest BCUT2D eigenvalue weighted by atomic mass is 10.2. The largest absolute Gasteiger partial charge is 0.447 e. The first kappa shape index (κ1) is 22.9. The zero-order chi connectivity index (χ0) is 22.9. The molecule has 3 heterocycles. The Labute approximate surface area is 185 Å². The maximum Gasteiger partial charge on any atom is 0.415 e. The molecular formula is C22H25FN6O3. The summed E-state index contributed by atoms with van der Waals surface area (Å²) >= 11 is 0. The number of ether oxygens (including phenoxy) is 2. The third kappa shape index (κ3) is 6.10. The molecule has 0 radical (unpaired) electrons. The van der Waals surface area contributed by atoms with Crippen LogP contribution in [0.5, 0.6) is 11.6 Å². The summed E-state index contributed by atoms with van der Waals surface area (Å²) in [4.78, 5) is 30.2. The van der Waals surface area contributed by atoms with E-state index < -0.39 is 6.09 Å². The molecule has 32 heavy (non-hydrogen) atoms. The number of anilines is 2. The van der Waals surface area contributed by atoms with E-state index in [-0.39, 0.29) is 11.9 Å². The molecule has 168 valence electrons. The van der Waals surface area contributed by atoms with Gasteiger partial charge in [-0.1, -0.05) is 20.3 Å². The molecule has 1 saturated heterocycles. The number of nitrogens with one attached hydrogen (secondary N) is 1. The van der Waals surface area contributed by atoms with E-state index in [0.717, 1.165) is 0 Å². The molecule has 3 aromatic rings. The number of rotatable bonds is 6. The van der Waals surface area contributed by atoms with Crippen molar-refractivity contribution < 1.29 is 18.7 Å². The first-order valence-electron chi connectivity index (χ1n) is 10.3. The lowest BCUT2D eigenvalue weighted by Crippen LogP contribution is -2.25. The first-order valence-corrected chi connectivity index (χ1v) is 10.3. The van der Waals surface area contributed by atoms with Gasteiger partial charge in [-0.3, -0.25) is 9.88 Å². The lowest BCUT2D eigenvalue weighted by molar-refractivity contribution is 0.181. The molecule has 0 aliphatic carbocycles. The van der Waals surface area contributed by atoms with Gasteiger partial charge in [-0.2, -0.15) is 4.98 Å². The van der Waals surface area contributed by atoms with Crippen LogP contribution in [0.2, 0.25) is 0 Å². The van der Waals surface area contributed by atoms with E-state index in [1.807, 2.05) is 6.92 Å². The zero-order valence-electron chi connectivity index (χ0n) is 18.2. The Hall–Kier alpha value is -3.82. The molecule has 0 bridgehead atoms. The van der Waals surface area contributed by atoms with Crippen LogP contribution in [-0.4, -0.2) is 39.2 Å². The van der Waals surface area contributed by atoms with E-state index >= 15 is 0 Å². The third-order valence-electron chi connectivity index (χ3n) is 4.15. The summed E-state index contributed by atoms with van der Waals surface area (Å²) < 4.78 is 23.4. The molecule has 4 rings (SSSR count). The SMILES string of the molecule is CC(Nc1nccc(N2CCOC2=O)n1)c1cnc(Oc2ccc(F)cc2)cn1.CCC. The second-order valence-electron chi connectivity index (χ2n) is 6.91. The van der Waals surface area contributed by atoms with E-state index in [1.165, 1.54) is 41.8 Å². The van der Waals surface area contributed by atoms with Crippen molar-refractivity contribution in [2.24, 2.45) is 0 Å². The number of carbonyl (C=O) groups is 1. The molecule has 1 unspecified atom stereocenters. The third-order valence-corrected chi connectivity index (χ3v) is 4.15. The highest BCUT2D eigenvalue weighted by Gasteiger charge is 2.25. The Balaban J connectivity index is 0.000000913. The van der Waals surface area contributed by atoms with Crippen LogP contribution in [-0.2, 0) is 4.74 Å². The van der Waals surface area contributed by atoms with Crippen LogP contribution in [0.4, 0.5) is 21.0 Å². The van der Waals surface area contributed by atoms with E-state index in [2.05, 4.69) is 39.1 Å². The van der Waals surface area contributed by atoms with Gasteiger partial charge in [-0.15, -0.1) is 0 Å². The summed E-state index contributed by atoms with van der Waals surface area (Å²) in [5.74, 6) is 1.23. The van der Waals surface area contributed by atoms with Gasteiger partial charge in [0.2, 0.25) is 11.8 Å². The van der Waals surface area contributed by atoms with Crippen molar-refractivity contribution in [2.75, 3.05) is 23.4 Å². The fourth-order valence-corrected chi connectivity index (χ4v) is 2.66. The summed E-state index contributed by atoms with van der Waals surface area (Å²) in [7, 11) is 0. The zero-order valence-corrected chi connectivity index (χ0v) is 18.2. The van der Waals surface area contributed by atoms with E-state index in [9.17, 15) is 9.18 Å². The van der Waals surface area contributed by atoms with E-state index in [0.29, 0.717) is 42.2 Å². The fourth-order valence-electron chi connectivity index (χ4n) is 2.66. The smallest absolute Gasteiger partial charge is 0.415 e. The predicted molar refractivity (Wildman–Crippen MR) is 117 cm³/mol. The van der Waals surface area contributed by atoms with Gasteiger partial charge in [0.15, 0.2) is 0 Å². The molecule has 1 N–H and O–H groups in total. The highest BCUT2D eigenvalue weighted by Crippen LogP contribution is 2.22. The molecule has 1 atom stereocenters. The molecule has 0 saturated carbocycles. The molecule has 1 aromatic carbocycles. The maximum absolute atomic E-state index is 13.0. The van der Waals surface area contributed by atoms with Crippen molar-refractivity contribution in [1.29, 1.82) is 0 Å². The number of benzene rings is 1. The quantitative estimate of drug-likeness (QED) is 0.586. The van der Waals surface area contributed by atoms with Crippen LogP contribution >= 0.6 is 0 Å². The summed E-state index contributed by atoms with van der Waals surface area (Å²) in [6.45, 7) is 6.92. The minimum absolute atomic E-state index is 0.247. The van der Waals surface area contributed by atoms with E-state index in [4.69, 9.17) is 9.47 Å². The van der Waals surface area contributed by atoms with Crippen molar-refractivity contribution in [3.63, 3.8) is 0 Å². The van der Waals surface area contributed by atoms with Gasteiger partial charge in [0, 0.05) is 6.20 Å². The molecule has 1 amide bonds. The van der Waals surface area contributed by atoms with Crippen molar-refractivity contribution >= 4 is 17.9 Å². The van der Waals surface area contributed by atoms with Crippen LogP contribution in [0, 0.1) is 5.82 Å². The summed E-state index contributed by atoms with van der Waals surface area (Å²) in [5.41, 5.74) is 0.644.